The number of phenols is 2. The average molecular weight is 623 g/mol. The Kier molecular flexibility index (Phi) is 9.29. The Labute approximate surface area is 250 Å². The maximum Gasteiger partial charge on any atom is 0.302 e. The summed E-state index contributed by atoms with van der Waals surface area (Å²) in [5, 5.41) is 72.8. The standard InChI is InChI=1S/C29H34O15/c1-11-22(34)24(36)26(38)28(40-11)44-27-25(37)23(35)20(10-39-12(2)30)43-29(27)41-15-7-16(32)21-17(33)9-18(42-19(21)8-15)13-3-5-14(31)6-4-13/h3-8,11,18,20,22-29,31-32,34-38H,9-10H2,1-2H3. The number of aliphatic hydroxyl groups excluding tert-OH is 5. The Hall–Kier alpha value is -3.54. The lowest BCUT2D eigenvalue weighted by Gasteiger charge is -2.45. The van der Waals surface area contributed by atoms with E-state index < -0.39 is 91.6 Å². The molecule has 3 heterocycles. The van der Waals surface area contributed by atoms with Crippen molar-refractivity contribution in [3.8, 4) is 23.0 Å². The smallest absolute Gasteiger partial charge is 0.302 e. The van der Waals surface area contributed by atoms with Gasteiger partial charge in [0.25, 0.3) is 0 Å². The van der Waals surface area contributed by atoms with Crippen LogP contribution < -0.4 is 9.47 Å². The molecule has 44 heavy (non-hydrogen) atoms. The molecule has 11 atom stereocenters. The van der Waals surface area contributed by atoms with Crippen LogP contribution in [-0.4, -0.2) is 116 Å². The topological polar surface area (TPSA) is 231 Å². The van der Waals surface area contributed by atoms with Gasteiger partial charge in [0.1, 0.15) is 77.9 Å². The van der Waals surface area contributed by atoms with E-state index in [4.69, 9.17) is 28.4 Å². The lowest BCUT2D eigenvalue weighted by molar-refractivity contribution is -0.354. The van der Waals surface area contributed by atoms with Crippen LogP contribution in [0.25, 0.3) is 0 Å². The molecule has 0 radical (unpaired) electrons. The number of ether oxygens (including phenoxy) is 6. The highest BCUT2D eigenvalue weighted by Crippen LogP contribution is 2.43. The molecule has 15 heteroatoms. The number of phenolic OH excluding ortho intramolecular Hbond substituents is 2. The van der Waals surface area contributed by atoms with Crippen LogP contribution >= 0.6 is 0 Å². The van der Waals surface area contributed by atoms with Crippen molar-refractivity contribution in [3.05, 3.63) is 47.5 Å². The minimum absolute atomic E-state index is 0.0273. The van der Waals surface area contributed by atoms with E-state index >= 15 is 0 Å². The fraction of sp³-hybridized carbons (Fsp3) is 0.517. The molecule has 0 spiro atoms. The van der Waals surface area contributed by atoms with Crippen molar-refractivity contribution >= 4 is 11.8 Å². The molecule has 0 aromatic heterocycles. The molecular weight excluding hydrogens is 588 g/mol. The number of benzene rings is 2. The third kappa shape index (κ3) is 6.45. The molecule has 11 unspecified atom stereocenters. The van der Waals surface area contributed by atoms with Crippen molar-refractivity contribution in [1.29, 1.82) is 0 Å². The zero-order valence-corrected chi connectivity index (χ0v) is 23.6. The summed E-state index contributed by atoms with van der Waals surface area (Å²) in [5.74, 6) is -1.70. The Bertz CT molecular complexity index is 1350. The van der Waals surface area contributed by atoms with Gasteiger partial charge in [-0.2, -0.15) is 0 Å². The average Bonchev–Trinajstić information content (AvgIpc) is 2.97. The number of esters is 1. The van der Waals surface area contributed by atoms with Crippen LogP contribution in [0.3, 0.4) is 0 Å². The van der Waals surface area contributed by atoms with Gasteiger partial charge in [0.2, 0.25) is 6.29 Å². The highest BCUT2D eigenvalue weighted by Gasteiger charge is 2.51. The lowest BCUT2D eigenvalue weighted by Crippen LogP contribution is -2.64. The van der Waals surface area contributed by atoms with Gasteiger partial charge in [-0.25, -0.2) is 0 Å². The number of rotatable bonds is 7. The van der Waals surface area contributed by atoms with E-state index in [2.05, 4.69) is 0 Å². The second-order valence-corrected chi connectivity index (χ2v) is 10.9. The molecule has 0 amide bonds. The Morgan fingerprint density at radius 1 is 0.909 bits per heavy atom. The van der Waals surface area contributed by atoms with Gasteiger partial charge in [-0.05, 0) is 24.6 Å². The van der Waals surface area contributed by atoms with Gasteiger partial charge in [0.15, 0.2) is 18.2 Å². The fourth-order valence-corrected chi connectivity index (χ4v) is 5.25. The third-order valence-corrected chi connectivity index (χ3v) is 7.69. The van der Waals surface area contributed by atoms with Gasteiger partial charge in [-0.1, -0.05) is 12.1 Å². The van der Waals surface area contributed by atoms with E-state index in [0.717, 1.165) is 13.0 Å². The number of Topliss-reactive ketones (excluding diaryl/α,β-unsaturated/α-hetero) is 1. The molecule has 2 fully saturated rings. The van der Waals surface area contributed by atoms with Gasteiger partial charge >= 0.3 is 5.97 Å². The molecular formula is C29H34O15. The number of carbonyl (C=O) groups excluding carboxylic acids is 2. The van der Waals surface area contributed by atoms with E-state index in [0.29, 0.717) is 5.56 Å². The van der Waals surface area contributed by atoms with Crippen molar-refractivity contribution in [2.75, 3.05) is 6.61 Å². The summed E-state index contributed by atoms with van der Waals surface area (Å²) in [4.78, 5) is 24.3. The maximum atomic E-state index is 12.9. The van der Waals surface area contributed by atoms with Gasteiger partial charge in [0, 0.05) is 19.1 Å². The molecule has 3 aliphatic rings. The quantitative estimate of drug-likeness (QED) is 0.191. The highest BCUT2D eigenvalue weighted by molar-refractivity contribution is 6.02. The molecule has 0 aliphatic carbocycles. The first-order valence-electron chi connectivity index (χ1n) is 13.9. The lowest BCUT2D eigenvalue weighted by atomic mass is 9.95. The van der Waals surface area contributed by atoms with E-state index in [1.807, 2.05) is 0 Å². The van der Waals surface area contributed by atoms with Gasteiger partial charge in [-0.15, -0.1) is 0 Å². The molecule has 2 aromatic carbocycles. The predicted molar refractivity (Wildman–Crippen MR) is 144 cm³/mol. The molecule has 0 bridgehead atoms. The first-order valence-corrected chi connectivity index (χ1v) is 13.9. The number of fused-ring (bicyclic) bond motifs is 1. The second-order valence-electron chi connectivity index (χ2n) is 10.9. The van der Waals surface area contributed by atoms with Gasteiger partial charge in [-0.3, -0.25) is 9.59 Å². The molecule has 0 saturated carbocycles. The van der Waals surface area contributed by atoms with Crippen LogP contribution in [-0.2, 0) is 23.7 Å². The van der Waals surface area contributed by atoms with Gasteiger partial charge in [0.05, 0.1) is 12.5 Å². The van der Waals surface area contributed by atoms with Crippen molar-refractivity contribution in [1.82, 2.24) is 0 Å². The number of ketones is 1. The SMILES string of the molecule is CC(=O)OCC1OC(Oc2cc(O)c3c(c2)OC(c2ccc(O)cc2)CC3=O)C(OC2OC(C)C(O)C(O)C2O)C(O)C1O. The molecule has 2 saturated heterocycles. The minimum Gasteiger partial charge on any atom is -0.508 e. The molecule has 240 valence electrons. The number of aliphatic hydroxyl groups is 5. The van der Waals surface area contributed by atoms with Gasteiger partial charge < -0.3 is 64.2 Å². The minimum atomic E-state index is -1.78. The highest BCUT2D eigenvalue weighted by atomic mass is 16.8. The number of carbonyl (C=O) groups is 2. The maximum absolute atomic E-state index is 12.9. The summed E-state index contributed by atoms with van der Waals surface area (Å²) in [6, 6.07) is 8.46. The predicted octanol–water partition coefficient (Wildman–Crippen LogP) is -0.594. The molecule has 7 N–H and O–H groups in total. The van der Waals surface area contributed by atoms with Crippen molar-refractivity contribution in [2.45, 2.75) is 87.8 Å². The zero-order valence-electron chi connectivity index (χ0n) is 23.6. The Morgan fingerprint density at radius 2 is 1.61 bits per heavy atom. The fourth-order valence-electron chi connectivity index (χ4n) is 5.25. The van der Waals surface area contributed by atoms with E-state index in [1.165, 1.54) is 25.1 Å². The van der Waals surface area contributed by atoms with Crippen molar-refractivity contribution < 1.29 is 73.8 Å². The monoisotopic (exact) mass is 622 g/mol. The van der Waals surface area contributed by atoms with Crippen LogP contribution in [0.1, 0.15) is 42.3 Å². The van der Waals surface area contributed by atoms with Crippen LogP contribution in [0.4, 0.5) is 0 Å². The first-order chi connectivity index (χ1) is 20.8. The molecule has 15 nitrogen and oxygen atoms in total. The normalized spacial score (nSPS) is 35.3. The first kappa shape index (κ1) is 31.9. The molecule has 3 aliphatic heterocycles. The largest absolute Gasteiger partial charge is 0.508 e. The Balaban J connectivity index is 1.43. The van der Waals surface area contributed by atoms with Crippen LogP contribution in [0.5, 0.6) is 23.0 Å². The number of hydrogen-bond acceptors (Lipinski definition) is 15. The Morgan fingerprint density at radius 3 is 2.30 bits per heavy atom. The summed E-state index contributed by atoms with van der Waals surface area (Å²) in [7, 11) is 0. The summed E-state index contributed by atoms with van der Waals surface area (Å²) in [6.07, 6.45) is -16.3. The van der Waals surface area contributed by atoms with Crippen molar-refractivity contribution in [3.63, 3.8) is 0 Å². The van der Waals surface area contributed by atoms with Crippen LogP contribution in [0.15, 0.2) is 36.4 Å². The van der Waals surface area contributed by atoms with Crippen LogP contribution in [0, 0.1) is 0 Å². The number of hydrogen-bond donors (Lipinski definition) is 7. The molecule has 5 rings (SSSR count). The second kappa shape index (κ2) is 12.8. The van der Waals surface area contributed by atoms with E-state index in [-0.39, 0.29) is 29.2 Å². The van der Waals surface area contributed by atoms with E-state index in [9.17, 15) is 45.3 Å². The number of aromatic hydroxyl groups is 2. The summed E-state index contributed by atoms with van der Waals surface area (Å²) in [6.45, 7) is 2.08. The van der Waals surface area contributed by atoms with Crippen LogP contribution in [0.2, 0.25) is 0 Å². The van der Waals surface area contributed by atoms with E-state index in [1.54, 1.807) is 12.1 Å². The third-order valence-electron chi connectivity index (χ3n) is 7.69. The molecule has 2 aromatic rings. The zero-order chi connectivity index (χ0) is 31.9. The summed E-state index contributed by atoms with van der Waals surface area (Å²) in [5.41, 5.74) is 0.503. The summed E-state index contributed by atoms with van der Waals surface area (Å²) >= 11 is 0. The summed E-state index contributed by atoms with van der Waals surface area (Å²) < 4.78 is 33.9. The van der Waals surface area contributed by atoms with Crippen molar-refractivity contribution in [2.24, 2.45) is 0 Å².